The lowest BCUT2D eigenvalue weighted by molar-refractivity contribution is -0.138. The molecular weight excluding hydrogens is 468 g/mol. The van der Waals surface area contributed by atoms with Crippen molar-refractivity contribution in [2.24, 2.45) is 0 Å². The standard InChI is InChI=1S/C24H28F4N4O3/c1-12-17(5-4-6-18(12)24(26,27)28)13(2)29-22-21(23-34-7-8-35-23)19(30-14(3)31-22)11-20(33)32-16-9-15(25)10-16/h4-6,13,15-16,23H,7-11H2,1-3H3,(H,32,33)(H,29,30,31)/t13-,15-,16-/m1/s1. The zero-order valence-corrected chi connectivity index (χ0v) is 19.7. The molecule has 2 heterocycles. The second kappa shape index (κ2) is 10.1. The van der Waals surface area contributed by atoms with Crippen molar-refractivity contribution in [2.45, 2.75) is 70.8 Å². The molecule has 0 radical (unpaired) electrons. The molecule has 0 unspecified atom stereocenters. The molecule has 1 aliphatic heterocycles. The van der Waals surface area contributed by atoms with Crippen LogP contribution in [0.1, 0.15) is 65.9 Å². The van der Waals surface area contributed by atoms with E-state index in [0.29, 0.717) is 41.7 Å². The summed E-state index contributed by atoms with van der Waals surface area (Å²) in [4.78, 5) is 21.5. The van der Waals surface area contributed by atoms with Crippen LogP contribution >= 0.6 is 0 Å². The molecule has 1 atom stereocenters. The largest absolute Gasteiger partial charge is 0.416 e. The van der Waals surface area contributed by atoms with E-state index in [9.17, 15) is 22.4 Å². The van der Waals surface area contributed by atoms with Crippen molar-refractivity contribution in [2.75, 3.05) is 18.5 Å². The van der Waals surface area contributed by atoms with Crippen LogP contribution in [0.25, 0.3) is 0 Å². The summed E-state index contributed by atoms with van der Waals surface area (Å²) in [6.07, 6.45) is -5.70. The summed E-state index contributed by atoms with van der Waals surface area (Å²) in [6.45, 7) is 5.50. The van der Waals surface area contributed by atoms with Crippen LogP contribution in [0, 0.1) is 13.8 Å². The third kappa shape index (κ3) is 5.72. The van der Waals surface area contributed by atoms with Crippen molar-refractivity contribution in [1.29, 1.82) is 0 Å². The van der Waals surface area contributed by atoms with Gasteiger partial charge in [0.2, 0.25) is 5.91 Å². The number of aryl methyl sites for hydroxylation is 1. The molecule has 1 saturated carbocycles. The number of nitrogens with one attached hydrogen (secondary N) is 2. The predicted molar refractivity (Wildman–Crippen MR) is 119 cm³/mol. The number of alkyl halides is 4. The summed E-state index contributed by atoms with van der Waals surface area (Å²) < 4.78 is 64.7. The lowest BCUT2D eigenvalue weighted by atomic mass is 9.90. The van der Waals surface area contributed by atoms with Gasteiger partial charge in [-0.25, -0.2) is 14.4 Å². The van der Waals surface area contributed by atoms with Crippen LogP contribution in [0.5, 0.6) is 0 Å². The Kier molecular flexibility index (Phi) is 7.27. The van der Waals surface area contributed by atoms with Gasteiger partial charge in [0.15, 0.2) is 6.29 Å². The molecule has 0 bridgehead atoms. The minimum Gasteiger partial charge on any atom is -0.363 e. The summed E-state index contributed by atoms with van der Waals surface area (Å²) in [6, 6.07) is 3.30. The Morgan fingerprint density at radius 3 is 2.49 bits per heavy atom. The number of amides is 1. The first-order valence-electron chi connectivity index (χ1n) is 11.5. The van der Waals surface area contributed by atoms with E-state index in [0.717, 1.165) is 6.07 Å². The highest BCUT2D eigenvalue weighted by molar-refractivity contribution is 5.79. The summed E-state index contributed by atoms with van der Waals surface area (Å²) >= 11 is 0. The smallest absolute Gasteiger partial charge is 0.363 e. The first kappa shape index (κ1) is 25.3. The highest BCUT2D eigenvalue weighted by Gasteiger charge is 2.34. The normalized spacial score (nSPS) is 21.5. The van der Waals surface area contributed by atoms with Crippen LogP contribution in [0.4, 0.5) is 23.4 Å². The maximum absolute atomic E-state index is 13.4. The minimum absolute atomic E-state index is 0.0962. The van der Waals surface area contributed by atoms with Crippen molar-refractivity contribution < 1.29 is 31.8 Å². The highest BCUT2D eigenvalue weighted by atomic mass is 19.4. The highest BCUT2D eigenvalue weighted by Crippen LogP contribution is 2.37. The van der Waals surface area contributed by atoms with Crippen LogP contribution in [0.2, 0.25) is 0 Å². The fourth-order valence-corrected chi connectivity index (χ4v) is 4.47. The van der Waals surface area contributed by atoms with Crippen molar-refractivity contribution in [1.82, 2.24) is 15.3 Å². The SMILES string of the molecule is Cc1nc(CC(=O)N[C@H]2C[C@H](F)C2)c(C2OCCO2)c(N[C@H](C)c2cccc(C(F)(F)F)c2C)n1. The van der Waals surface area contributed by atoms with Gasteiger partial charge in [-0.05, 0) is 50.8 Å². The Bertz CT molecular complexity index is 1080. The third-order valence-corrected chi connectivity index (χ3v) is 6.27. The van der Waals surface area contributed by atoms with Gasteiger partial charge >= 0.3 is 6.18 Å². The molecule has 1 aromatic carbocycles. The zero-order valence-electron chi connectivity index (χ0n) is 19.7. The van der Waals surface area contributed by atoms with Crippen molar-refractivity contribution in [3.63, 3.8) is 0 Å². The van der Waals surface area contributed by atoms with E-state index in [1.54, 1.807) is 19.9 Å². The summed E-state index contributed by atoms with van der Waals surface area (Å²) in [7, 11) is 0. The number of carbonyl (C=O) groups is 1. The van der Waals surface area contributed by atoms with Gasteiger partial charge in [-0.15, -0.1) is 0 Å². The quantitative estimate of drug-likeness (QED) is 0.550. The van der Waals surface area contributed by atoms with E-state index in [2.05, 4.69) is 20.6 Å². The number of hydrogen-bond donors (Lipinski definition) is 2. The molecule has 7 nitrogen and oxygen atoms in total. The van der Waals surface area contributed by atoms with Crippen molar-refractivity contribution in [3.05, 3.63) is 52.0 Å². The topological polar surface area (TPSA) is 85.4 Å². The molecule has 1 saturated heterocycles. The fraction of sp³-hybridized carbons (Fsp3) is 0.542. The average Bonchev–Trinajstić information content (AvgIpc) is 3.26. The molecule has 2 fully saturated rings. The lowest BCUT2D eigenvalue weighted by Gasteiger charge is -2.30. The Balaban J connectivity index is 1.63. The Labute approximate surface area is 200 Å². The second-order valence-electron chi connectivity index (χ2n) is 8.95. The van der Waals surface area contributed by atoms with Gasteiger partial charge in [-0.2, -0.15) is 13.2 Å². The van der Waals surface area contributed by atoms with Crippen LogP contribution in [-0.4, -0.2) is 41.3 Å². The third-order valence-electron chi connectivity index (χ3n) is 6.27. The van der Waals surface area contributed by atoms with Gasteiger partial charge in [0, 0.05) is 6.04 Å². The number of carbonyl (C=O) groups excluding carboxylic acids is 1. The van der Waals surface area contributed by atoms with E-state index >= 15 is 0 Å². The molecule has 1 aromatic heterocycles. The van der Waals surface area contributed by atoms with Crippen molar-refractivity contribution >= 4 is 11.7 Å². The number of nitrogens with zero attached hydrogens (tertiary/aromatic N) is 2. The summed E-state index contributed by atoms with van der Waals surface area (Å²) in [5.41, 5.74) is 0.687. The van der Waals surface area contributed by atoms with Gasteiger partial charge in [0.05, 0.1) is 42.5 Å². The van der Waals surface area contributed by atoms with Gasteiger partial charge in [-0.1, -0.05) is 12.1 Å². The van der Waals surface area contributed by atoms with Crippen LogP contribution in [0.15, 0.2) is 18.2 Å². The average molecular weight is 497 g/mol. The lowest BCUT2D eigenvalue weighted by Crippen LogP contribution is -2.45. The molecule has 1 amide bonds. The number of benzene rings is 1. The molecular formula is C24H28F4N4O3. The summed E-state index contributed by atoms with van der Waals surface area (Å²) in [5.74, 6) is 0.383. The van der Waals surface area contributed by atoms with Crippen LogP contribution < -0.4 is 10.6 Å². The fourth-order valence-electron chi connectivity index (χ4n) is 4.47. The number of rotatable bonds is 7. The van der Waals surface area contributed by atoms with Gasteiger partial charge in [0.1, 0.15) is 17.8 Å². The number of ether oxygens (including phenoxy) is 2. The Hall–Kier alpha value is -2.79. The number of anilines is 1. The van der Waals surface area contributed by atoms with Crippen molar-refractivity contribution in [3.8, 4) is 0 Å². The van der Waals surface area contributed by atoms with E-state index in [1.807, 2.05) is 0 Å². The molecule has 2 aliphatic rings. The second-order valence-corrected chi connectivity index (χ2v) is 8.95. The van der Waals surface area contributed by atoms with Gasteiger partial charge in [-0.3, -0.25) is 4.79 Å². The molecule has 1 aliphatic carbocycles. The van der Waals surface area contributed by atoms with Crippen LogP contribution in [-0.2, 0) is 26.9 Å². The first-order valence-corrected chi connectivity index (χ1v) is 11.5. The Morgan fingerprint density at radius 1 is 1.17 bits per heavy atom. The molecule has 11 heteroatoms. The van der Waals surface area contributed by atoms with Gasteiger partial charge < -0.3 is 20.1 Å². The van der Waals surface area contributed by atoms with E-state index in [4.69, 9.17) is 9.47 Å². The van der Waals surface area contributed by atoms with Gasteiger partial charge in [0.25, 0.3) is 0 Å². The number of hydrogen-bond acceptors (Lipinski definition) is 6. The molecule has 2 aromatic rings. The van der Waals surface area contributed by atoms with E-state index in [-0.39, 0.29) is 36.8 Å². The van der Waals surface area contributed by atoms with E-state index < -0.39 is 30.2 Å². The predicted octanol–water partition coefficient (Wildman–Crippen LogP) is 4.49. The van der Waals surface area contributed by atoms with Crippen LogP contribution in [0.3, 0.4) is 0 Å². The molecule has 4 rings (SSSR count). The maximum atomic E-state index is 13.4. The monoisotopic (exact) mass is 496 g/mol. The Morgan fingerprint density at radius 2 is 1.86 bits per heavy atom. The first-order chi connectivity index (χ1) is 16.5. The number of aromatic nitrogens is 2. The maximum Gasteiger partial charge on any atom is 0.416 e. The zero-order chi connectivity index (χ0) is 25.3. The summed E-state index contributed by atoms with van der Waals surface area (Å²) in [5, 5.41) is 5.99. The molecule has 0 spiro atoms. The molecule has 190 valence electrons. The molecule has 35 heavy (non-hydrogen) atoms. The number of halogens is 4. The molecule has 2 N–H and O–H groups in total. The van der Waals surface area contributed by atoms with E-state index in [1.165, 1.54) is 13.0 Å². The minimum atomic E-state index is -4.47.